The van der Waals surface area contributed by atoms with E-state index in [9.17, 15) is 30.8 Å². The van der Waals surface area contributed by atoms with E-state index in [0.29, 0.717) is 88.7 Å². The first-order valence-electron chi connectivity index (χ1n) is 35.9. The predicted octanol–water partition coefficient (Wildman–Crippen LogP) is 13.8. The summed E-state index contributed by atoms with van der Waals surface area (Å²) in [7, 11) is 3.21. The van der Waals surface area contributed by atoms with Crippen LogP contribution in [0.15, 0.2) is 165 Å². The molecule has 11 aromatic heterocycles. The number of hydrogen-bond acceptors (Lipinski definition) is 22. The number of amides is 1. The second-order valence-electron chi connectivity index (χ2n) is 28.4. The smallest absolute Gasteiger partial charge is 0.410 e. The summed E-state index contributed by atoms with van der Waals surface area (Å²) < 4.78 is 37.7. The number of alkyl halides is 1. The number of halogens is 2. The van der Waals surface area contributed by atoms with Crippen molar-refractivity contribution >= 4 is 63.4 Å². The van der Waals surface area contributed by atoms with Gasteiger partial charge in [-0.05, 0) is 145 Å². The highest BCUT2D eigenvalue weighted by molar-refractivity contribution is 6.17. The molecule has 0 unspecified atom stereocenters. The zero-order valence-corrected chi connectivity index (χ0v) is 65.3. The fourth-order valence-electron chi connectivity index (χ4n) is 12.2. The normalized spacial score (nSPS) is 13.7. The van der Waals surface area contributed by atoms with Gasteiger partial charge in [0.25, 0.3) is 0 Å². The Morgan fingerprint density at radius 3 is 1.31 bits per heavy atom. The fourth-order valence-corrected chi connectivity index (χ4v) is 12.3. The lowest BCUT2D eigenvalue weighted by Gasteiger charge is -2.29. The van der Waals surface area contributed by atoms with Gasteiger partial charge in [0.1, 0.15) is 54.3 Å². The number of carbonyl (C=O) groups is 1. The molecule has 3 aliphatic heterocycles. The third-order valence-corrected chi connectivity index (χ3v) is 17.9. The Bertz CT molecular complexity index is 5230. The minimum atomic E-state index is -0.993. The van der Waals surface area contributed by atoms with E-state index in [-0.39, 0.29) is 31.7 Å². The van der Waals surface area contributed by atoms with Crippen LogP contribution in [-0.4, -0.2) is 170 Å². The Hall–Kier alpha value is -11.8. The average Bonchev–Trinajstić information content (AvgIpc) is 1.70. The topological polar surface area (TPSA) is 319 Å². The van der Waals surface area contributed by atoms with Crippen molar-refractivity contribution in [1.29, 1.82) is 15.8 Å². The molecule has 0 spiro atoms. The summed E-state index contributed by atoms with van der Waals surface area (Å²) in [6.07, 6.45) is 27.5. The average molecular weight is 1540 g/mol. The monoisotopic (exact) mass is 1540 g/mol. The second-order valence-corrected chi connectivity index (χ2v) is 28.7. The van der Waals surface area contributed by atoms with Crippen LogP contribution < -0.4 is 29.0 Å². The number of fused-ring (bicyclic) bond motifs is 3. The minimum absolute atomic E-state index is 0. The van der Waals surface area contributed by atoms with E-state index in [1.165, 1.54) is 22.9 Å². The lowest BCUT2D eigenvalue weighted by atomic mass is 10.0. The first-order valence-corrected chi connectivity index (χ1v) is 36.5. The Morgan fingerprint density at radius 2 is 0.973 bits per heavy atom. The lowest BCUT2D eigenvalue weighted by Crippen LogP contribution is -2.39. The molecule has 0 fully saturated rings. The molecule has 3 N–H and O–H groups in total. The number of nitrogens with one attached hydrogen (secondary N) is 1. The van der Waals surface area contributed by atoms with Crippen molar-refractivity contribution < 1.29 is 43.4 Å². The molecular weight excluding hydrogens is 1450 g/mol. The summed E-state index contributed by atoms with van der Waals surface area (Å²) in [5.41, 5.74) is 14.6. The van der Waals surface area contributed by atoms with E-state index in [2.05, 4.69) is 94.0 Å². The van der Waals surface area contributed by atoms with E-state index < -0.39 is 16.8 Å². The van der Waals surface area contributed by atoms with Crippen molar-refractivity contribution in [3.8, 4) is 80.6 Å². The molecule has 11 aromatic rings. The van der Waals surface area contributed by atoms with Gasteiger partial charge >= 0.3 is 6.09 Å². The maximum atomic E-state index is 12.3. The number of carbonyl (C=O) groups excluding carboxylic acids is 1. The number of rotatable bonds is 19. The summed E-state index contributed by atoms with van der Waals surface area (Å²) >= 11 is 5.54. The summed E-state index contributed by atoms with van der Waals surface area (Å²) in [5, 5.41) is 64.8. The lowest BCUT2D eigenvalue weighted by molar-refractivity contribution is 0.0267. The van der Waals surface area contributed by atoms with Gasteiger partial charge in [0, 0.05) is 122 Å². The molecule has 0 saturated carbocycles. The highest BCUT2D eigenvalue weighted by atomic mass is 35.5. The van der Waals surface area contributed by atoms with Crippen molar-refractivity contribution in [2.75, 3.05) is 73.3 Å². The third-order valence-electron chi connectivity index (χ3n) is 17.6. The summed E-state index contributed by atoms with van der Waals surface area (Å²) in [5.74, 6) is 3.53. The van der Waals surface area contributed by atoms with Crippen molar-refractivity contribution in [3.63, 3.8) is 0 Å². The van der Waals surface area contributed by atoms with Crippen molar-refractivity contribution in [3.05, 3.63) is 210 Å². The van der Waals surface area contributed by atoms with E-state index >= 15 is 0 Å². The molecule has 0 aromatic carbocycles. The van der Waals surface area contributed by atoms with Gasteiger partial charge in [-0.15, -0.1) is 24.0 Å². The Labute approximate surface area is 655 Å². The zero-order chi connectivity index (χ0) is 78.1. The fraction of sp³-hybridized carbons (Fsp3) is 0.325. The first-order chi connectivity index (χ1) is 52.9. The third kappa shape index (κ3) is 21.6. The summed E-state index contributed by atoms with van der Waals surface area (Å²) in [4.78, 5) is 38.7. The molecular formula is C83H89Cl2N17O9. The molecule has 111 heavy (non-hydrogen) atoms. The molecule has 26 nitrogen and oxygen atoms in total. The number of hydrogen-bond donors (Lipinski definition) is 3. The molecule has 3 aliphatic rings. The number of nitrogens with zero attached hydrogens (tertiary/aromatic N) is 16. The maximum absolute atomic E-state index is 12.3. The number of aliphatic hydroxyl groups is 2. The van der Waals surface area contributed by atoms with Gasteiger partial charge in [0.2, 0.25) is 11.8 Å². The van der Waals surface area contributed by atoms with Gasteiger partial charge in [0.15, 0.2) is 0 Å². The summed E-state index contributed by atoms with van der Waals surface area (Å²) in [6, 6.07) is 31.9. The van der Waals surface area contributed by atoms with Crippen LogP contribution in [0.3, 0.4) is 0 Å². The van der Waals surface area contributed by atoms with E-state index in [1.807, 2.05) is 107 Å². The quantitative estimate of drug-likeness (QED) is 0.0633. The van der Waals surface area contributed by atoms with Gasteiger partial charge in [-0.3, -0.25) is 19.9 Å². The number of methoxy groups -OCH3 is 2. The second kappa shape index (κ2) is 37.1. The van der Waals surface area contributed by atoms with E-state index in [0.717, 1.165) is 113 Å². The minimum Gasteiger partial charge on any atom is -0.492 e. The SMILES string of the molecule is CC(C)(O)COc1cc(-c2ccc(C3=CCN(C(=O)OC(C)(C)C)CC3)nc2)c2c(C#N)cnn2c1.CC(C)(O)COc1cc(-c2ccc(C3=CCNCC3)nc2)c2c(C#N)cnn2c1.CCOc1cc(-c2ccc(C3=CCN(Cc4ccc(OC)nc4)CC3)nc2)c2c(C#N)cnn2c1.COc1ccc(CCl)cn1.Cl. The van der Waals surface area contributed by atoms with Gasteiger partial charge in [-0.25, -0.2) is 28.3 Å². The number of ether oxygens (including phenoxy) is 6. The van der Waals surface area contributed by atoms with Crippen molar-refractivity contribution in [2.45, 2.75) is 104 Å². The van der Waals surface area contributed by atoms with Crippen LogP contribution in [0.1, 0.15) is 120 Å². The molecule has 0 atom stereocenters. The maximum Gasteiger partial charge on any atom is 0.410 e. The summed E-state index contributed by atoms with van der Waals surface area (Å²) in [6.45, 7) is 20.5. The highest BCUT2D eigenvalue weighted by Gasteiger charge is 2.26. The van der Waals surface area contributed by atoms with Gasteiger partial charge in [-0.1, -0.05) is 48.6 Å². The zero-order valence-electron chi connectivity index (χ0n) is 63.7. The highest BCUT2D eigenvalue weighted by Crippen LogP contribution is 2.36. The van der Waals surface area contributed by atoms with Gasteiger partial charge in [0.05, 0.1) is 120 Å². The van der Waals surface area contributed by atoms with Crippen LogP contribution in [0.5, 0.6) is 29.0 Å². The molecule has 14 heterocycles. The predicted molar refractivity (Wildman–Crippen MR) is 426 cm³/mol. The molecule has 1 amide bonds. The van der Waals surface area contributed by atoms with Crippen LogP contribution in [0.25, 0.3) is 66.7 Å². The van der Waals surface area contributed by atoms with Crippen molar-refractivity contribution in [2.24, 2.45) is 0 Å². The molecule has 574 valence electrons. The van der Waals surface area contributed by atoms with Gasteiger partial charge < -0.3 is 48.9 Å². The van der Waals surface area contributed by atoms with Crippen LogP contribution >= 0.6 is 24.0 Å². The number of aromatic nitrogens is 11. The van der Waals surface area contributed by atoms with Crippen LogP contribution in [0, 0.1) is 34.0 Å². The number of pyridine rings is 8. The Morgan fingerprint density at radius 1 is 0.541 bits per heavy atom. The molecule has 0 bridgehead atoms. The molecule has 0 radical (unpaired) electrons. The Kier molecular flexibility index (Phi) is 27.3. The molecule has 14 rings (SSSR count). The molecule has 28 heteroatoms. The van der Waals surface area contributed by atoms with Crippen LogP contribution in [-0.2, 0) is 17.2 Å². The van der Waals surface area contributed by atoms with E-state index in [4.69, 9.17) is 45.0 Å². The van der Waals surface area contributed by atoms with Crippen LogP contribution in [0.4, 0.5) is 4.79 Å². The van der Waals surface area contributed by atoms with Crippen molar-refractivity contribution in [1.82, 2.24) is 68.9 Å². The van der Waals surface area contributed by atoms with Crippen LogP contribution in [0.2, 0.25) is 0 Å². The molecule has 0 aliphatic carbocycles. The number of nitriles is 3. The largest absolute Gasteiger partial charge is 0.492 e. The van der Waals surface area contributed by atoms with Gasteiger partial charge in [-0.2, -0.15) is 31.1 Å². The molecule has 0 saturated heterocycles. The Balaban J connectivity index is 0.000000166. The first kappa shape index (κ1) is 81.7. The van der Waals surface area contributed by atoms with E-state index in [1.54, 1.807) is 110 Å². The standard InChI is InChI=1S/C27H26N6O2.C27H31N5O4.C22H23N5O2.C7H8ClNO.ClH/c1-3-35-23-12-24(27-22(13-28)16-31-33(27)18-23)21-5-6-25(29-15-21)20-8-10-32(11-9-20)17-19-4-7-26(34-2)30-14-19;1-26(2,3)36-25(33)31-10-8-18(9-11-31)23-7-6-19(14-29-23)22-12-21(35-17-27(4,5)34)16-32-24(22)20(13-28)15-30-32;1-22(2,28)14-29-18-9-19(21-17(10-23)12-26-27(21)13-18)16-3-4-20(25-11-16)15-5-7-24-8-6-15;1-10-7-3-2-6(4-8)5-9-7;/h4-8,12,14-16,18H,3,9-11,17H2,1-2H3;6-8,12,14-16,34H,9-11,17H2,1-5H3;3-5,9,11-13,24,28H,6-8,14H2,1-2H3;2-3,5H,4H2,1H3;1H.